The Morgan fingerprint density at radius 3 is 0.980 bits per heavy atom. The first-order valence-electron chi connectivity index (χ1n) is 29.7. The zero-order valence-corrected chi connectivity index (χ0v) is 56.2. The van der Waals surface area contributed by atoms with Crippen molar-refractivity contribution in [1.29, 1.82) is 0 Å². The minimum Gasteiger partial charge on any atom is -0.404 e. The molecule has 4 aromatic rings. The molecule has 2 heterocycles. The Bertz CT molecular complexity index is 3630. The molecule has 2 saturated heterocycles. The number of hydroxylamine groups is 4. The molecule has 100 heavy (non-hydrogen) atoms. The highest BCUT2D eigenvalue weighted by Crippen LogP contribution is 2.40. The number of rotatable bonds is 38. The highest BCUT2D eigenvalue weighted by atomic mass is 31.2. The van der Waals surface area contributed by atoms with Gasteiger partial charge in [-0.15, -0.1) is 10.1 Å². The molecule has 9 amide bonds. The lowest BCUT2D eigenvalue weighted by atomic mass is 10.1. The molecule has 0 atom stereocenters. The Morgan fingerprint density at radius 2 is 0.670 bits per heavy atom. The number of nitrogens with one attached hydrogen (secondary N) is 3. The SMILES string of the molecule is O=C(CCCN(CCNC(=O)Cc1ccc(OP(=O)(O)O)cc1)C(=O)CC(=O)NCC(=O)ON1C(=O)CCC1=O)Cc1ccc(OP(=O)(O)O)cc1.O=C(CCCN(CCNC(=O)Cc1ccc(OP(=O)(O)O)cc1)C(=O)CC(=O)ON1C(=O)CCC1=O)Cc1ccc(OP(=O)(O)O)cc1. The first kappa shape index (κ1) is 81.3. The van der Waals surface area contributed by atoms with Crippen LogP contribution in [0.5, 0.6) is 23.0 Å². The predicted molar refractivity (Wildman–Crippen MR) is 336 cm³/mol. The van der Waals surface area contributed by atoms with Gasteiger partial charge >= 0.3 is 43.2 Å². The number of hydrogen-bond donors (Lipinski definition) is 11. The van der Waals surface area contributed by atoms with Gasteiger partial charge in [-0.05, 0) is 83.6 Å². The fourth-order valence-electron chi connectivity index (χ4n) is 8.97. The van der Waals surface area contributed by atoms with Crippen molar-refractivity contribution in [3.05, 3.63) is 119 Å². The van der Waals surface area contributed by atoms with E-state index in [0.29, 0.717) is 32.4 Å². The normalized spacial score (nSPS) is 13.1. The summed E-state index contributed by atoms with van der Waals surface area (Å²) in [6, 6.07) is 21.9. The van der Waals surface area contributed by atoms with E-state index in [1.54, 1.807) is 0 Å². The molecular formula is C58H69N7O31P4. The van der Waals surface area contributed by atoms with Crippen molar-refractivity contribution in [3.63, 3.8) is 0 Å². The second kappa shape index (κ2) is 38.2. The van der Waals surface area contributed by atoms with E-state index < -0.39 is 116 Å². The maximum absolute atomic E-state index is 13.1. The van der Waals surface area contributed by atoms with E-state index in [2.05, 4.69) is 38.9 Å². The first-order chi connectivity index (χ1) is 46.8. The number of carbonyl (C=O) groups is 13. The molecule has 0 aliphatic carbocycles. The zero-order chi connectivity index (χ0) is 74.0. The van der Waals surface area contributed by atoms with Gasteiger partial charge in [0.15, 0.2) is 0 Å². The van der Waals surface area contributed by atoms with Crippen LogP contribution in [-0.4, -0.2) is 182 Å². The third-order valence-electron chi connectivity index (χ3n) is 13.4. The zero-order valence-electron chi connectivity index (χ0n) is 52.6. The number of nitrogens with zero attached hydrogens (tertiary/aromatic N) is 4. The number of phosphoric acid groups is 4. The number of hydrogen-bond acceptors (Lipinski definition) is 23. The lowest BCUT2D eigenvalue weighted by Gasteiger charge is -2.23. The monoisotopic (exact) mass is 1480 g/mol. The molecule has 42 heteroatoms. The largest absolute Gasteiger partial charge is 0.524 e. The standard InChI is InChI=1S/C30H36N4O16P2.C28H33N3O15P2/c35-22(16-20-3-7-23(8-4-20)49-51(42,43)44)2-1-14-33(15-13-31-25(36)17-21-5-9-24(10-6-21)50-52(45,46)47)29(40)18-26(37)32-19-30(41)48-34-27(38)11-12-28(34)39;32-21(16-19-3-7-22(8-4-19)45-47(38,39)40)2-1-14-30(27(36)18-28(37)44-31-25(34)11-12-26(31)35)15-13-29-24(33)17-20-5-9-23(10-6-20)46-48(41,42)43/h3-10H,1-2,11-19H2,(H,31,36)(H,32,37)(H2,42,43,44)(H2,45,46,47);3-10H,1-2,11-18H2,(H,29,33)(H2,38,39,40)(H2,41,42,43). The molecule has 0 unspecified atom stereocenters. The van der Waals surface area contributed by atoms with E-state index in [1.807, 2.05) is 0 Å². The fourth-order valence-corrected chi connectivity index (χ4v) is 10.6. The Hall–Kier alpha value is -9.41. The Labute approximate surface area is 567 Å². The minimum absolute atomic E-state index is 0.00454. The summed E-state index contributed by atoms with van der Waals surface area (Å²) < 4.78 is 61.7. The van der Waals surface area contributed by atoms with Crippen LogP contribution in [0.4, 0.5) is 0 Å². The third-order valence-corrected chi connectivity index (χ3v) is 15.2. The van der Waals surface area contributed by atoms with Crippen molar-refractivity contribution in [3.8, 4) is 23.0 Å². The van der Waals surface area contributed by atoms with Crippen LogP contribution in [0.1, 0.15) is 86.5 Å². The minimum atomic E-state index is -4.75. The number of benzene rings is 4. The third kappa shape index (κ3) is 32.1. The molecule has 38 nitrogen and oxygen atoms in total. The number of imide groups is 2. The lowest BCUT2D eigenvalue weighted by Crippen LogP contribution is -2.42. The summed E-state index contributed by atoms with van der Waals surface area (Å²) in [5.74, 6) is -9.19. The van der Waals surface area contributed by atoms with E-state index in [1.165, 1.54) is 107 Å². The summed E-state index contributed by atoms with van der Waals surface area (Å²) in [7, 11) is -19.0. The molecule has 2 aliphatic rings. The van der Waals surface area contributed by atoms with Crippen molar-refractivity contribution in [2.24, 2.45) is 0 Å². The summed E-state index contributed by atoms with van der Waals surface area (Å²) in [6.07, 6.45) is -2.01. The van der Waals surface area contributed by atoms with Crippen LogP contribution in [0.25, 0.3) is 0 Å². The molecule has 542 valence electrons. The van der Waals surface area contributed by atoms with Gasteiger partial charge in [-0.1, -0.05) is 48.5 Å². The molecular weight excluding hydrogens is 1410 g/mol. The van der Waals surface area contributed by atoms with Gasteiger partial charge in [0.25, 0.3) is 23.6 Å². The second-order valence-corrected chi connectivity index (χ2v) is 26.2. The van der Waals surface area contributed by atoms with Gasteiger partial charge in [-0.3, -0.25) is 91.9 Å². The van der Waals surface area contributed by atoms with Gasteiger partial charge in [-0.2, -0.15) is 0 Å². The van der Waals surface area contributed by atoms with E-state index >= 15 is 0 Å². The number of phosphoric ester groups is 4. The summed E-state index contributed by atoms with van der Waals surface area (Å²) in [5.41, 5.74) is 2.07. The van der Waals surface area contributed by atoms with E-state index in [9.17, 15) is 80.6 Å². The first-order valence-corrected chi connectivity index (χ1v) is 35.8. The fraction of sp³-hybridized carbons (Fsp3) is 0.362. The molecule has 2 fully saturated rings. The topological polar surface area (TPSA) is 556 Å². The molecule has 11 N–H and O–H groups in total. The van der Waals surface area contributed by atoms with Gasteiger partial charge < -0.3 is 53.5 Å². The van der Waals surface area contributed by atoms with Crippen LogP contribution in [0.15, 0.2) is 97.1 Å². The van der Waals surface area contributed by atoms with Crippen LogP contribution >= 0.6 is 31.3 Å². The highest BCUT2D eigenvalue weighted by molar-refractivity contribution is 7.47. The van der Waals surface area contributed by atoms with Crippen LogP contribution < -0.4 is 34.0 Å². The number of Topliss-reactive ketones (excluding diaryl/α,β-unsaturated/α-hetero) is 2. The summed E-state index contributed by atoms with van der Waals surface area (Å²) in [4.78, 5) is 243. The average molecular weight is 1480 g/mol. The van der Waals surface area contributed by atoms with E-state index in [0.717, 1.165) is 0 Å². The van der Waals surface area contributed by atoms with Crippen LogP contribution in [0.2, 0.25) is 0 Å². The van der Waals surface area contributed by atoms with Gasteiger partial charge in [0, 0.05) is 90.6 Å². The van der Waals surface area contributed by atoms with Crippen LogP contribution in [-0.2, 0) is 116 Å². The quantitative estimate of drug-likeness (QED) is 0.0166. The highest BCUT2D eigenvalue weighted by Gasteiger charge is 2.35. The average Bonchev–Trinajstić information content (AvgIpc) is 1.55. The molecule has 0 radical (unpaired) electrons. The van der Waals surface area contributed by atoms with E-state index in [-0.39, 0.29) is 151 Å². The smallest absolute Gasteiger partial charge is 0.404 e. The van der Waals surface area contributed by atoms with Crippen LogP contribution in [0, 0.1) is 0 Å². The van der Waals surface area contributed by atoms with Gasteiger partial charge in [0.05, 0.1) is 12.8 Å². The maximum atomic E-state index is 13.1. The number of carbonyl (C=O) groups excluding carboxylic acids is 13. The lowest BCUT2D eigenvalue weighted by molar-refractivity contribution is -0.198. The van der Waals surface area contributed by atoms with Crippen LogP contribution in [0.3, 0.4) is 0 Å². The summed E-state index contributed by atoms with van der Waals surface area (Å²) in [5, 5.41) is 8.03. The molecule has 0 saturated carbocycles. The van der Waals surface area contributed by atoms with E-state index in [4.69, 9.17) is 44.0 Å². The molecule has 4 aromatic carbocycles. The number of amides is 9. The van der Waals surface area contributed by atoms with Crippen molar-refractivity contribution < 1.29 is 148 Å². The number of ketones is 2. The van der Waals surface area contributed by atoms with Gasteiger partial charge in [-0.25, -0.2) is 27.8 Å². The molecule has 0 bridgehead atoms. The maximum Gasteiger partial charge on any atom is 0.524 e. The second-order valence-electron chi connectivity index (χ2n) is 21.6. The van der Waals surface area contributed by atoms with Crippen molar-refractivity contribution in [2.45, 2.75) is 89.9 Å². The Kier molecular flexibility index (Phi) is 31.1. The van der Waals surface area contributed by atoms with Crippen molar-refractivity contribution in [1.82, 2.24) is 35.9 Å². The summed E-state index contributed by atoms with van der Waals surface area (Å²) >= 11 is 0. The summed E-state index contributed by atoms with van der Waals surface area (Å²) in [6.45, 7) is -1.04. The molecule has 0 spiro atoms. The molecule has 2 aliphatic heterocycles. The van der Waals surface area contributed by atoms with Crippen molar-refractivity contribution in [2.75, 3.05) is 45.8 Å². The van der Waals surface area contributed by atoms with Gasteiger partial charge in [0.1, 0.15) is 54.0 Å². The Balaban J connectivity index is 0.000000362. The Morgan fingerprint density at radius 1 is 0.380 bits per heavy atom. The van der Waals surface area contributed by atoms with Crippen molar-refractivity contribution >= 4 is 108 Å². The molecule has 6 rings (SSSR count). The predicted octanol–water partition coefficient (Wildman–Crippen LogP) is 0.529. The molecule has 0 aromatic heterocycles. The van der Waals surface area contributed by atoms with Gasteiger partial charge in [0.2, 0.25) is 29.5 Å².